The molecule has 0 heterocycles. The Hall–Kier alpha value is -3.35. The molecule has 2 aromatic carbocycles. The van der Waals surface area contributed by atoms with Crippen LogP contribution in [-0.2, 0) is 14.3 Å². The fourth-order valence-electron chi connectivity index (χ4n) is 5.19. The van der Waals surface area contributed by atoms with Gasteiger partial charge in [-0.3, -0.25) is 9.59 Å². The number of ether oxygens (including phenoxy) is 1. The lowest BCUT2D eigenvalue weighted by Gasteiger charge is -2.29. The number of alkyl carbamates (subject to hydrolysis) is 1. The molecule has 7 heteroatoms. The Morgan fingerprint density at radius 1 is 1.00 bits per heavy atom. The van der Waals surface area contributed by atoms with Crippen LogP contribution in [0.4, 0.5) is 4.79 Å². The predicted molar refractivity (Wildman–Crippen MR) is 128 cm³/mol. The number of carboxylic acids is 1. The average molecular weight is 465 g/mol. The number of hydrogen-bond acceptors (Lipinski definition) is 4. The maximum Gasteiger partial charge on any atom is 0.407 e. The van der Waals surface area contributed by atoms with Gasteiger partial charge in [0, 0.05) is 24.4 Å². The number of amides is 2. The summed E-state index contributed by atoms with van der Waals surface area (Å²) >= 11 is 0. The number of hydrogen-bond donors (Lipinski definition) is 3. The van der Waals surface area contributed by atoms with E-state index in [9.17, 15) is 19.5 Å². The molecule has 180 valence electrons. The van der Waals surface area contributed by atoms with Crippen molar-refractivity contribution in [2.45, 2.75) is 63.5 Å². The number of nitrogens with one attached hydrogen (secondary N) is 2. The Morgan fingerprint density at radius 3 is 2.24 bits per heavy atom. The maximum absolute atomic E-state index is 12.6. The van der Waals surface area contributed by atoms with Crippen LogP contribution in [0.5, 0.6) is 0 Å². The SMILES string of the molecule is CC[C@@H](CC(=O)N[C@H]1CCCC[C@H]1C(=O)O)NC(=O)OCC1c2ccccc2-c2ccccc21. The third-order valence-corrected chi connectivity index (χ3v) is 7.02. The lowest BCUT2D eigenvalue weighted by Crippen LogP contribution is -2.47. The summed E-state index contributed by atoms with van der Waals surface area (Å²) in [6.45, 7) is 2.10. The van der Waals surface area contributed by atoms with Crippen molar-refractivity contribution < 1.29 is 24.2 Å². The van der Waals surface area contributed by atoms with Crippen molar-refractivity contribution in [1.82, 2.24) is 10.6 Å². The van der Waals surface area contributed by atoms with Crippen molar-refractivity contribution in [3.8, 4) is 11.1 Å². The van der Waals surface area contributed by atoms with Crippen molar-refractivity contribution >= 4 is 18.0 Å². The standard InChI is InChI=1S/C27H32N2O5/c1-2-17(15-25(30)29-24-14-8-7-13-22(24)26(31)32)28-27(33)34-16-23-20-11-5-3-9-18(20)19-10-4-6-12-21(19)23/h3-6,9-12,17,22-24H,2,7-8,13-16H2,1H3,(H,28,33)(H,29,30)(H,31,32)/t17-,22+,24-/m0/s1. The molecule has 2 aromatic rings. The Labute approximate surface area is 199 Å². The molecule has 3 atom stereocenters. The van der Waals surface area contributed by atoms with E-state index in [4.69, 9.17) is 4.74 Å². The van der Waals surface area contributed by atoms with Crippen LogP contribution in [0, 0.1) is 5.92 Å². The monoisotopic (exact) mass is 464 g/mol. The molecular weight excluding hydrogens is 432 g/mol. The van der Waals surface area contributed by atoms with Gasteiger partial charge in [-0.1, -0.05) is 68.3 Å². The molecule has 0 spiro atoms. The number of carboxylic acid groups (broad SMARTS) is 1. The van der Waals surface area contributed by atoms with Gasteiger partial charge in [0.2, 0.25) is 5.91 Å². The number of carbonyl (C=O) groups excluding carboxylic acids is 2. The minimum atomic E-state index is -0.867. The van der Waals surface area contributed by atoms with Crippen molar-refractivity contribution in [3.05, 3.63) is 59.7 Å². The smallest absolute Gasteiger partial charge is 0.407 e. The van der Waals surface area contributed by atoms with Gasteiger partial charge < -0.3 is 20.5 Å². The molecule has 34 heavy (non-hydrogen) atoms. The number of fused-ring (bicyclic) bond motifs is 3. The molecular formula is C27H32N2O5. The zero-order valence-corrected chi connectivity index (χ0v) is 19.5. The summed E-state index contributed by atoms with van der Waals surface area (Å²) in [6, 6.07) is 15.6. The third-order valence-electron chi connectivity index (χ3n) is 7.02. The van der Waals surface area contributed by atoms with Crippen LogP contribution >= 0.6 is 0 Å². The molecule has 3 N–H and O–H groups in total. The van der Waals surface area contributed by atoms with Gasteiger partial charge in [0.15, 0.2) is 0 Å². The van der Waals surface area contributed by atoms with E-state index in [-0.39, 0.29) is 36.9 Å². The highest BCUT2D eigenvalue weighted by Gasteiger charge is 2.32. The van der Waals surface area contributed by atoms with E-state index in [1.54, 1.807) is 0 Å². The van der Waals surface area contributed by atoms with E-state index in [1.165, 1.54) is 0 Å². The van der Waals surface area contributed by atoms with Crippen LogP contribution in [0.2, 0.25) is 0 Å². The molecule has 0 aliphatic heterocycles. The van der Waals surface area contributed by atoms with Crippen molar-refractivity contribution in [1.29, 1.82) is 0 Å². The summed E-state index contributed by atoms with van der Waals surface area (Å²) in [7, 11) is 0. The predicted octanol–water partition coefficient (Wildman–Crippen LogP) is 4.45. The van der Waals surface area contributed by atoms with Crippen molar-refractivity contribution in [2.75, 3.05) is 6.61 Å². The second-order valence-corrected chi connectivity index (χ2v) is 9.18. The first-order valence-electron chi connectivity index (χ1n) is 12.1. The molecule has 7 nitrogen and oxygen atoms in total. The van der Waals surface area contributed by atoms with Crippen LogP contribution < -0.4 is 10.6 Å². The third kappa shape index (κ3) is 5.24. The summed E-state index contributed by atoms with van der Waals surface area (Å²) in [4.78, 5) is 36.6. The highest BCUT2D eigenvalue weighted by Crippen LogP contribution is 2.44. The summed E-state index contributed by atoms with van der Waals surface area (Å²) in [5.41, 5.74) is 4.61. The normalized spacial score (nSPS) is 20.0. The zero-order valence-electron chi connectivity index (χ0n) is 19.5. The van der Waals surface area contributed by atoms with E-state index in [2.05, 4.69) is 34.9 Å². The maximum atomic E-state index is 12.6. The van der Waals surface area contributed by atoms with E-state index in [1.807, 2.05) is 31.2 Å². The lowest BCUT2D eigenvalue weighted by molar-refractivity contribution is -0.144. The molecule has 2 aliphatic carbocycles. The van der Waals surface area contributed by atoms with Gasteiger partial charge in [-0.25, -0.2) is 4.79 Å². The largest absolute Gasteiger partial charge is 0.481 e. The second-order valence-electron chi connectivity index (χ2n) is 9.18. The van der Waals surface area contributed by atoms with Crippen LogP contribution in [-0.4, -0.2) is 41.8 Å². The van der Waals surface area contributed by atoms with Gasteiger partial charge in [0.05, 0.1) is 5.92 Å². The van der Waals surface area contributed by atoms with Gasteiger partial charge >= 0.3 is 12.1 Å². The van der Waals surface area contributed by atoms with E-state index in [0.29, 0.717) is 19.3 Å². The second kappa shape index (κ2) is 10.7. The summed E-state index contributed by atoms with van der Waals surface area (Å²) < 4.78 is 5.59. The molecule has 0 saturated heterocycles. The number of rotatable bonds is 8. The Morgan fingerprint density at radius 2 is 1.62 bits per heavy atom. The Kier molecular flexibility index (Phi) is 7.50. The number of benzene rings is 2. The molecule has 1 saturated carbocycles. The summed E-state index contributed by atoms with van der Waals surface area (Å²) in [6.07, 6.45) is 3.11. The van der Waals surface area contributed by atoms with Gasteiger partial charge in [0.1, 0.15) is 6.61 Å². The molecule has 4 rings (SSSR count). The number of carbonyl (C=O) groups is 3. The highest BCUT2D eigenvalue weighted by atomic mass is 16.5. The quantitative estimate of drug-likeness (QED) is 0.535. The topological polar surface area (TPSA) is 105 Å². The first-order valence-corrected chi connectivity index (χ1v) is 12.1. The van der Waals surface area contributed by atoms with Crippen LogP contribution in [0.25, 0.3) is 11.1 Å². The number of aliphatic carboxylic acids is 1. The van der Waals surface area contributed by atoms with E-state index < -0.39 is 18.0 Å². The molecule has 2 aliphatic rings. The van der Waals surface area contributed by atoms with Crippen molar-refractivity contribution in [2.24, 2.45) is 5.92 Å². The van der Waals surface area contributed by atoms with Crippen LogP contribution in [0.1, 0.15) is 62.5 Å². The lowest BCUT2D eigenvalue weighted by atomic mass is 9.84. The molecule has 0 aromatic heterocycles. The van der Waals surface area contributed by atoms with Gasteiger partial charge in [-0.05, 0) is 41.5 Å². The Bertz CT molecular complexity index is 1010. The van der Waals surface area contributed by atoms with E-state index in [0.717, 1.165) is 35.1 Å². The first kappa shape index (κ1) is 23.8. The van der Waals surface area contributed by atoms with Crippen LogP contribution in [0.3, 0.4) is 0 Å². The molecule has 2 amide bonds. The molecule has 0 unspecified atom stereocenters. The van der Waals surface area contributed by atoms with Gasteiger partial charge in [-0.15, -0.1) is 0 Å². The molecule has 0 radical (unpaired) electrons. The molecule has 0 bridgehead atoms. The zero-order chi connectivity index (χ0) is 24.1. The fourth-order valence-corrected chi connectivity index (χ4v) is 5.19. The van der Waals surface area contributed by atoms with Gasteiger partial charge in [-0.2, -0.15) is 0 Å². The average Bonchev–Trinajstić information content (AvgIpc) is 3.16. The van der Waals surface area contributed by atoms with Crippen molar-refractivity contribution in [3.63, 3.8) is 0 Å². The Balaban J connectivity index is 1.31. The van der Waals surface area contributed by atoms with E-state index >= 15 is 0 Å². The minimum absolute atomic E-state index is 0.0271. The highest BCUT2D eigenvalue weighted by molar-refractivity contribution is 5.80. The molecule has 1 fully saturated rings. The fraction of sp³-hybridized carbons (Fsp3) is 0.444. The van der Waals surface area contributed by atoms with Crippen LogP contribution in [0.15, 0.2) is 48.5 Å². The summed E-state index contributed by atoms with van der Waals surface area (Å²) in [5, 5.41) is 15.1. The van der Waals surface area contributed by atoms with Gasteiger partial charge in [0.25, 0.3) is 0 Å². The summed E-state index contributed by atoms with van der Waals surface area (Å²) in [5.74, 6) is -1.69. The first-order chi connectivity index (χ1) is 16.5. The minimum Gasteiger partial charge on any atom is -0.481 e.